The van der Waals surface area contributed by atoms with Crippen molar-refractivity contribution in [1.82, 2.24) is 9.80 Å². The van der Waals surface area contributed by atoms with E-state index in [9.17, 15) is 9.59 Å². The van der Waals surface area contributed by atoms with E-state index in [2.05, 4.69) is 4.90 Å². The van der Waals surface area contributed by atoms with Crippen LogP contribution in [0.3, 0.4) is 0 Å². The molecule has 2 heterocycles. The number of likely N-dealkylation sites (tertiary alicyclic amines) is 2. The summed E-state index contributed by atoms with van der Waals surface area (Å²) in [7, 11) is 0. The summed E-state index contributed by atoms with van der Waals surface area (Å²) >= 11 is 0. The summed E-state index contributed by atoms with van der Waals surface area (Å²) in [4.78, 5) is 30.5. The number of hydrogen-bond acceptors (Lipinski definition) is 3. The van der Waals surface area contributed by atoms with E-state index in [1.165, 1.54) is 19.3 Å². The van der Waals surface area contributed by atoms with Crippen molar-refractivity contribution in [3.8, 4) is 0 Å². The minimum Gasteiger partial charge on any atom is -0.444 e. The van der Waals surface area contributed by atoms with Crippen LogP contribution in [0.25, 0.3) is 0 Å². The van der Waals surface area contributed by atoms with Crippen LogP contribution >= 0.6 is 0 Å². The van der Waals surface area contributed by atoms with Gasteiger partial charge >= 0.3 is 6.09 Å². The first-order valence-electron chi connectivity index (χ1n) is 11.5. The molecular weight excluding hydrogens is 352 g/mol. The van der Waals surface area contributed by atoms with Crippen molar-refractivity contribution in [2.24, 2.45) is 29.1 Å². The molecule has 6 rings (SSSR count). The number of rotatable bonds is 1. The fourth-order valence-corrected chi connectivity index (χ4v) is 7.58. The van der Waals surface area contributed by atoms with Crippen molar-refractivity contribution in [2.75, 3.05) is 19.6 Å². The second-order valence-corrected chi connectivity index (χ2v) is 11.5. The predicted octanol–water partition coefficient (Wildman–Crippen LogP) is 4.06. The van der Waals surface area contributed by atoms with Gasteiger partial charge in [0.25, 0.3) is 0 Å². The molecule has 6 fully saturated rings. The molecule has 5 nitrogen and oxygen atoms in total. The maximum Gasteiger partial charge on any atom is 0.410 e. The van der Waals surface area contributed by atoms with Crippen molar-refractivity contribution in [1.29, 1.82) is 0 Å². The SMILES string of the molecule is CC(C)(C)OC(=O)N1CC[C@@H]2CCN(C(=O)C34CC5CC(CC(C5)C3)C4)C[C@@H]21. The first kappa shape index (κ1) is 18.7. The molecule has 4 bridgehead atoms. The number of ether oxygens (including phenoxy) is 1. The van der Waals surface area contributed by atoms with Crippen LogP contribution in [0.15, 0.2) is 0 Å². The normalized spacial score (nSPS) is 41.9. The zero-order valence-corrected chi connectivity index (χ0v) is 17.8. The maximum atomic E-state index is 13.7. The Morgan fingerprint density at radius 1 is 0.929 bits per heavy atom. The van der Waals surface area contributed by atoms with Gasteiger partial charge in [-0.3, -0.25) is 4.79 Å². The third-order valence-corrected chi connectivity index (χ3v) is 8.27. The third kappa shape index (κ3) is 3.13. The molecule has 0 aromatic carbocycles. The number of carbonyl (C=O) groups excluding carboxylic acids is 2. The molecule has 2 amide bonds. The maximum absolute atomic E-state index is 13.7. The highest BCUT2D eigenvalue weighted by molar-refractivity contribution is 5.83. The first-order chi connectivity index (χ1) is 13.2. The lowest BCUT2D eigenvalue weighted by Gasteiger charge is -2.57. The molecule has 156 valence electrons. The van der Waals surface area contributed by atoms with Gasteiger partial charge in [0.15, 0.2) is 0 Å². The van der Waals surface area contributed by atoms with E-state index < -0.39 is 5.60 Å². The summed E-state index contributed by atoms with van der Waals surface area (Å²) in [6.45, 7) is 8.12. The monoisotopic (exact) mass is 388 g/mol. The van der Waals surface area contributed by atoms with E-state index in [4.69, 9.17) is 4.74 Å². The number of fused-ring (bicyclic) bond motifs is 1. The van der Waals surface area contributed by atoms with Gasteiger partial charge in [-0.2, -0.15) is 0 Å². The van der Waals surface area contributed by atoms with E-state index in [0.29, 0.717) is 18.4 Å². The van der Waals surface area contributed by atoms with Gasteiger partial charge in [-0.25, -0.2) is 4.79 Å². The standard InChI is InChI=1S/C23H36N2O3/c1-22(2,3)28-21(27)25-7-5-18-4-6-24(14-19(18)25)20(26)23-11-15-8-16(12-23)10-17(9-15)13-23/h15-19H,4-14H2,1-3H3/t15?,16?,17?,18-,19-,23?/m0/s1. The van der Waals surface area contributed by atoms with Crippen molar-refractivity contribution >= 4 is 12.0 Å². The Balaban J connectivity index is 1.30. The van der Waals surface area contributed by atoms with Crippen LogP contribution in [-0.4, -0.2) is 53.1 Å². The fraction of sp³-hybridized carbons (Fsp3) is 0.913. The minimum atomic E-state index is -0.474. The highest BCUT2D eigenvalue weighted by Crippen LogP contribution is 2.60. The average molecular weight is 389 g/mol. The van der Waals surface area contributed by atoms with E-state index in [0.717, 1.165) is 62.9 Å². The van der Waals surface area contributed by atoms with Crippen LogP contribution < -0.4 is 0 Å². The van der Waals surface area contributed by atoms with Gasteiger partial charge in [0.2, 0.25) is 5.91 Å². The van der Waals surface area contributed by atoms with Gasteiger partial charge in [-0.05, 0) is 95.8 Å². The van der Waals surface area contributed by atoms with Crippen LogP contribution in [0.5, 0.6) is 0 Å². The van der Waals surface area contributed by atoms with Crippen molar-refractivity contribution in [2.45, 2.75) is 83.8 Å². The molecule has 5 heteroatoms. The Labute approximate surface area is 169 Å². The molecule has 0 radical (unpaired) electrons. The van der Waals surface area contributed by atoms with Gasteiger partial charge in [-0.1, -0.05) is 0 Å². The quantitative estimate of drug-likeness (QED) is 0.681. The van der Waals surface area contributed by atoms with Crippen LogP contribution in [0.2, 0.25) is 0 Å². The number of nitrogens with zero attached hydrogens (tertiary/aromatic N) is 2. The van der Waals surface area contributed by atoms with E-state index in [1.807, 2.05) is 25.7 Å². The van der Waals surface area contributed by atoms with Gasteiger partial charge in [0.05, 0.1) is 11.5 Å². The summed E-state index contributed by atoms with van der Waals surface area (Å²) < 4.78 is 5.65. The lowest BCUT2D eigenvalue weighted by molar-refractivity contribution is -0.160. The van der Waals surface area contributed by atoms with Crippen LogP contribution in [-0.2, 0) is 9.53 Å². The smallest absolute Gasteiger partial charge is 0.410 e. The minimum absolute atomic E-state index is 0.0725. The number of piperidine rings is 1. The molecule has 28 heavy (non-hydrogen) atoms. The second-order valence-electron chi connectivity index (χ2n) is 11.5. The molecule has 0 spiro atoms. The molecule has 2 atom stereocenters. The average Bonchev–Trinajstić information content (AvgIpc) is 3.01. The molecule has 0 aromatic heterocycles. The Morgan fingerprint density at radius 2 is 1.50 bits per heavy atom. The lowest BCUT2D eigenvalue weighted by Crippen LogP contribution is -2.59. The van der Waals surface area contributed by atoms with Gasteiger partial charge in [0, 0.05) is 19.6 Å². The van der Waals surface area contributed by atoms with Crippen molar-refractivity contribution in [3.63, 3.8) is 0 Å². The van der Waals surface area contributed by atoms with Crippen LogP contribution in [0, 0.1) is 29.1 Å². The molecular formula is C23H36N2O3. The first-order valence-corrected chi connectivity index (χ1v) is 11.5. The molecule has 4 saturated carbocycles. The summed E-state index contributed by atoms with van der Waals surface area (Å²) in [5, 5.41) is 0. The Kier molecular flexibility index (Phi) is 4.26. The molecule has 4 aliphatic carbocycles. The molecule has 0 aromatic rings. The highest BCUT2D eigenvalue weighted by atomic mass is 16.6. The van der Waals surface area contributed by atoms with Crippen molar-refractivity contribution in [3.05, 3.63) is 0 Å². The number of amides is 2. The summed E-state index contributed by atoms with van der Waals surface area (Å²) in [6.07, 6.45) is 9.33. The van der Waals surface area contributed by atoms with Crippen molar-refractivity contribution < 1.29 is 14.3 Å². The van der Waals surface area contributed by atoms with Crippen LogP contribution in [0.4, 0.5) is 4.79 Å². The molecule has 6 aliphatic rings. The largest absolute Gasteiger partial charge is 0.444 e. The molecule has 0 N–H and O–H groups in total. The highest BCUT2D eigenvalue weighted by Gasteiger charge is 2.56. The van der Waals surface area contributed by atoms with Crippen LogP contribution in [0.1, 0.15) is 72.1 Å². The zero-order valence-electron chi connectivity index (χ0n) is 17.8. The van der Waals surface area contributed by atoms with Gasteiger partial charge in [0.1, 0.15) is 5.60 Å². The molecule has 0 unspecified atom stereocenters. The second kappa shape index (κ2) is 6.37. The molecule has 2 aliphatic heterocycles. The topological polar surface area (TPSA) is 49.9 Å². The lowest BCUT2D eigenvalue weighted by atomic mass is 9.49. The summed E-state index contributed by atoms with van der Waals surface area (Å²) in [6, 6.07) is 0.140. The fourth-order valence-electron chi connectivity index (χ4n) is 7.58. The summed E-state index contributed by atoms with van der Waals surface area (Å²) in [5.74, 6) is 3.31. The number of carbonyl (C=O) groups is 2. The van der Waals surface area contributed by atoms with E-state index >= 15 is 0 Å². The molecule has 2 saturated heterocycles. The Morgan fingerprint density at radius 3 is 2.07 bits per heavy atom. The summed E-state index contributed by atoms with van der Waals surface area (Å²) in [5.41, 5.74) is -0.546. The zero-order chi connectivity index (χ0) is 19.7. The predicted molar refractivity (Wildman–Crippen MR) is 107 cm³/mol. The van der Waals surface area contributed by atoms with Gasteiger partial charge in [-0.15, -0.1) is 0 Å². The third-order valence-electron chi connectivity index (χ3n) is 8.27. The van der Waals surface area contributed by atoms with Gasteiger partial charge < -0.3 is 14.5 Å². The van der Waals surface area contributed by atoms with E-state index in [-0.39, 0.29) is 17.6 Å². The van der Waals surface area contributed by atoms with E-state index in [1.54, 1.807) is 0 Å². The Bertz CT molecular complexity index is 632. The number of hydrogen-bond donors (Lipinski definition) is 0. The Hall–Kier alpha value is -1.26.